The molecule has 0 aliphatic heterocycles. The molecule has 15 heavy (non-hydrogen) atoms. The van der Waals surface area contributed by atoms with Crippen LogP contribution in [-0.4, -0.2) is 40.1 Å². The van der Waals surface area contributed by atoms with Gasteiger partial charge in [-0.15, -0.1) is 0 Å². The number of aromatic nitrogens is 1. The van der Waals surface area contributed by atoms with E-state index in [0.717, 1.165) is 0 Å². The molecule has 0 aliphatic carbocycles. The van der Waals surface area contributed by atoms with E-state index in [9.17, 15) is 10.2 Å². The fourth-order valence-corrected chi connectivity index (χ4v) is 1.27. The van der Waals surface area contributed by atoms with Crippen LogP contribution in [0.3, 0.4) is 0 Å². The number of aliphatic hydroxyl groups is 3. The smallest absolute Gasteiger partial charge is 0.143 e. The lowest BCUT2D eigenvalue weighted by molar-refractivity contribution is 0.000638. The first-order chi connectivity index (χ1) is 7.20. The highest BCUT2D eigenvalue weighted by Crippen LogP contribution is 2.25. The average Bonchev–Trinajstić information content (AvgIpc) is 2.28. The van der Waals surface area contributed by atoms with Gasteiger partial charge in [0.25, 0.3) is 0 Å². The summed E-state index contributed by atoms with van der Waals surface area (Å²) < 4.78 is 5.00. The SMILES string of the molecule is COc1cccnc1C(O)C(O)CCO. The summed E-state index contributed by atoms with van der Waals surface area (Å²) in [6.45, 7) is -0.187. The van der Waals surface area contributed by atoms with Gasteiger partial charge in [0.05, 0.1) is 13.2 Å². The zero-order valence-corrected chi connectivity index (χ0v) is 8.50. The number of pyridine rings is 1. The zero-order chi connectivity index (χ0) is 11.3. The Bertz CT molecular complexity index is 305. The molecule has 84 valence electrons. The summed E-state index contributed by atoms with van der Waals surface area (Å²) in [6.07, 6.45) is -0.583. The summed E-state index contributed by atoms with van der Waals surface area (Å²) in [6, 6.07) is 3.32. The Morgan fingerprint density at radius 3 is 2.80 bits per heavy atom. The van der Waals surface area contributed by atoms with Crippen LogP contribution < -0.4 is 4.74 Å². The van der Waals surface area contributed by atoms with Gasteiger partial charge in [0.1, 0.15) is 17.5 Å². The first kappa shape index (κ1) is 11.9. The van der Waals surface area contributed by atoms with E-state index in [4.69, 9.17) is 9.84 Å². The second kappa shape index (κ2) is 5.65. The molecule has 0 saturated carbocycles. The van der Waals surface area contributed by atoms with Crippen molar-refractivity contribution in [2.75, 3.05) is 13.7 Å². The summed E-state index contributed by atoms with van der Waals surface area (Å²) >= 11 is 0. The third-order valence-electron chi connectivity index (χ3n) is 2.09. The summed E-state index contributed by atoms with van der Waals surface area (Å²) in [5.41, 5.74) is 0.279. The monoisotopic (exact) mass is 213 g/mol. The lowest BCUT2D eigenvalue weighted by Crippen LogP contribution is -2.21. The fraction of sp³-hybridized carbons (Fsp3) is 0.500. The summed E-state index contributed by atoms with van der Waals surface area (Å²) in [5.74, 6) is 0.419. The molecule has 0 saturated heterocycles. The molecule has 0 fully saturated rings. The fourth-order valence-electron chi connectivity index (χ4n) is 1.27. The van der Waals surface area contributed by atoms with Crippen molar-refractivity contribution in [3.05, 3.63) is 24.0 Å². The zero-order valence-electron chi connectivity index (χ0n) is 8.50. The van der Waals surface area contributed by atoms with Gasteiger partial charge in [0.2, 0.25) is 0 Å². The Balaban J connectivity index is 2.84. The maximum atomic E-state index is 9.73. The number of methoxy groups -OCH3 is 1. The van der Waals surface area contributed by atoms with Crippen molar-refractivity contribution >= 4 is 0 Å². The summed E-state index contributed by atoms with van der Waals surface area (Å²) in [7, 11) is 1.46. The van der Waals surface area contributed by atoms with Crippen LogP contribution in [0.25, 0.3) is 0 Å². The Kier molecular flexibility index (Phi) is 4.48. The molecule has 0 aromatic carbocycles. The molecule has 1 heterocycles. The highest BCUT2D eigenvalue weighted by Gasteiger charge is 2.22. The Morgan fingerprint density at radius 1 is 1.47 bits per heavy atom. The second-order valence-corrected chi connectivity index (χ2v) is 3.12. The maximum absolute atomic E-state index is 9.73. The van der Waals surface area contributed by atoms with E-state index in [-0.39, 0.29) is 18.7 Å². The van der Waals surface area contributed by atoms with E-state index in [2.05, 4.69) is 4.98 Å². The standard InChI is InChI=1S/C10H15NO4/c1-15-8-3-2-5-11-9(8)10(14)7(13)4-6-12/h2-3,5,7,10,12-14H,4,6H2,1H3. The Hall–Kier alpha value is -1.17. The Morgan fingerprint density at radius 2 is 2.20 bits per heavy atom. The van der Waals surface area contributed by atoms with E-state index < -0.39 is 12.2 Å². The number of nitrogens with zero attached hydrogens (tertiary/aromatic N) is 1. The van der Waals surface area contributed by atoms with Crippen molar-refractivity contribution in [1.29, 1.82) is 0 Å². The molecule has 1 rings (SSSR count). The minimum absolute atomic E-state index is 0.0981. The molecule has 0 amide bonds. The minimum Gasteiger partial charge on any atom is -0.495 e. The Labute approximate surface area is 88.0 Å². The van der Waals surface area contributed by atoms with Crippen LogP contribution in [0.5, 0.6) is 5.75 Å². The van der Waals surface area contributed by atoms with Gasteiger partial charge in [-0.2, -0.15) is 0 Å². The highest BCUT2D eigenvalue weighted by molar-refractivity contribution is 5.29. The first-order valence-corrected chi connectivity index (χ1v) is 4.66. The summed E-state index contributed by atoms with van der Waals surface area (Å²) in [5, 5.41) is 27.9. The van der Waals surface area contributed by atoms with Crippen molar-refractivity contribution < 1.29 is 20.1 Å². The largest absolute Gasteiger partial charge is 0.495 e. The van der Waals surface area contributed by atoms with Crippen LogP contribution in [0.2, 0.25) is 0 Å². The van der Waals surface area contributed by atoms with E-state index >= 15 is 0 Å². The number of ether oxygens (including phenoxy) is 1. The van der Waals surface area contributed by atoms with Crippen molar-refractivity contribution in [3.8, 4) is 5.75 Å². The molecule has 0 aliphatic rings. The van der Waals surface area contributed by atoms with Crippen molar-refractivity contribution in [3.63, 3.8) is 0 Å². The molecule has 1 aromatic heterocycles. The van der Waals surface area contributed by atoms with Crippen LogP contribution in [0, 0.1) is 0 Å². The number of hydrogen-bond acceptors (Lipinski definition) is 5. The topological polar surface area (TPSA) is 82.8 Å². The number of aliphatic hydroxyl groups excluding tert-OH is 3. The minimum atomic E-state index is -1.15. The highest BCUT2D eigenvalue weighted by atomic mass is 16.5. The van der Waals surface area contributed by atoms with Gasteiger partial charge in [-0.25, -0.2) is 0 Å². The van der Waals surface area contributed by atoms with Crippen LogP contribution in [0.1, 0.15) is 18.2 Å². The van der Waals surface area contributed by atoms with Crippen LogP contribution in [0.15, 0.2) is 18.3 Å². The quantitative estimate of drug-likeness (QED) is 0.634. The average molecular weight is 213 g/mol. The third-order valence-corrected chi connectivity index (χ3v) is 2.09. The summed E-state index contributed by atoms with van der Waals surface area (Å²) in [4.78, 5) is 3.94. The molecule has 3 N–H and O–H groups in total. The molecule has 2 atom stereocenters. The lowest BCUT2D eigenvalue weighted by atomic mass is 10.1. The van der Waals surface area contributed by atoms with Crippen LogP contribution in [-0.2, 0) is 0 Å². The van der Waals surface area contributed by atoms with Gasteiger partial charge < -0.3 is 20.1 Å². The van der Waals surface area contributed by atoms with E-state index in [0.29, 0.717) is 5.75 Å². The number of hydrogen-bond donors (Lipinski definition) is 3. The molecule has 0 bridgehead atoms. The van der Waals surface area contributed by atoms with Gasteiger partial charge in [-0.05, 0) is 18.6 Å². The lowest BCUT2D eigenvalue weighted by Gasteiger charge is -2.18. The van der Waals surface area contributed by atoms with E-state index in [1.807, 2.05) is 0 Å². The number of rotatable bonds is 5. The van der Waals surface area contributed by atoms with E-state index in [1.165, 1.54) is 13.3 Å². The molecule has 2 unspecified atom stereocenters. The maximum Gasteiger partial charge on any atom is 0.143 e. The normalized spacial score (nSPS) is 14.7. The molecule has 0 spiro atoms. The van der Waals surface area contributed by atoms with Gasteiger partial charge >= 0.3 is 0 Å². The van der Waals surface area contributed by atoms with Gasteiger partial charge in [-0.1, -0.05) is 0 Å². The van der Waals surface area contributed by atoms with E-state index in [1.54, 1.807) is 12.1 Å². The van der Waals surface area contributed by atoms with Crippen molar-refractivity contribution in [2.24, 2.45) is 0 Å². The molecular formula is C10H15NO4. The molecule has 0 radical (unpaired) electrons. The van der Waals surface area contributed by atoms with Crippen LogP contribution in [0.4, 0.5) is 0 Å². The van der Waals surface area contributed by atoms with Crippen molar-refractivity contribution in [2.45, 2.75) is 18.6 Å². The van der Waals surface area contributed by atoms with Crippen molar-refractivity contribution in [1.82, 2.24) is 4.98 Å². The predicted octanol–water partition coefficient (Wildman–Crippen LogP) is -0.133. The molecule has 5 heteroatoms. The third kappa shape index (κ3) is 2.89. The van der Waals surface area contributed by atoms with Crippen LogP contribution >= 0.6 is 0 Å². The first-order valence-electron chi connectivity index (χ1n) is 4.66. The second-order valence-electron chi connectivity index (χ2n) is 3.12. The predicted molar refractivity (Wildman–Crippen MR) is 53.5 cm³/mol. The van der Waals surface area contributed by atoms with Gasteiger partial charge in [0, 0.05) is 12.8 Å². The molecular weight excluding hydrogens is 198 g/mol. The molecule has 1 aromatic rings. The van der Waals surface area contributed by atoms with Gasteiger partial charge in [-0.3, -0.25) is 4.98 Å². The molecule has 5 nitrogen and oxygen atoms in total. The van der Waals surface area contributed by atoms with Gasteiger partial charge in [0.15, 0.2) is 0 Å².